The second-order valence-corrected chi connectivity index (χ2v) is 10.1. The van der Waals surface area contributed by atoms with E-state index in [1.165, 1.54) is 16.8 Å². The molecule has 38 heavy (non-hydrogen) atoms. The highest BCUT2D eigenvalue weighted by Gasteiger charge is 2.22. The number of piperidine rings is 1. The third kappa shape index (κ3) is 5.82. The number of nitrogens with zero attached hydrogens (tertiary/aromatic N) is 4. The molecule has 0 spiro atoms. The molecule has 3 heterocycles. The van der Waals surface area contributed by atoms with Crippen LogP contribution in [-0.2, 0) is 4.74 Å². The van der Waals surface area contributed by atoms with Crippen LogP contribution in [0.2, 0.25) is 0 Å². The van der Waals surface area contributed by atoms with Crippen molar-refractivity contribution in [2.24, 2.45) is 5.92 Å². The number of methoxy groups -OCH3 is 1. The molecule has 1 aromatic heterocycles. The van der Waals surface area contributed by atoms with E-state index in [2.05, 4.69) is 15.5 Å². The number of nitriles is 1. The molecule has 3 aromatic rings. The summed E-state index contributed by atoms with van der Waals surface area (Å²) in [4.78, 5) is 2.16. The first-order valence-corrected chi connectivity index (χ1v) is 13.4. The van der Waals surface area contributed by atoms with Crippen molar-refractivity contribution in [2.75, 3.05) is 50.1 Å². The van der Waals surface area contributed by atoms with Gasteiger partial charge in [-0.25, -0.2) is 13.5 Å². The Bertz CT molecular complexity index is 1290. The molecule has 5 rings (SSSR count). The van der Waals surface area contributed by atoms with Gasteiger partial charge in [0.15, 0.2) is 5.82 Å². The van der Waals surface area contributed by atoms with Gasteiger partial charge in [0.1, 0.15) is 23.4 Å². The molecule has 0 amide bonds. The van der Waals surface area contributed by atoms with Crippen molar-refractivity contribution in [3.63, 3.8) is 0 Å². The number of rotatable bonds is 7. The van der Waals surface area contributed by atoms with Gasteiger partial charge in [-0.3, -0.25) is 0 Å². The van der Waals surface area contributed by atoms with Crippen LogP contribution >= 0.6 is 0 Å². The largest absolute Gasteiger partial charge is 0.381 e. The normalized spacial score (nSPS) is 18.7. The van der Waals surface area contributed by atoms with Gasteiger partial charge in [0.05, 0.1) is 17.4 Å². The predicted molar refractivity (Wildman–Crippen MR) is 145 cm³/mol. The molecular formula is C29H34F2N6O. The highest BCUT2D eigenvalue weighted by atomic mass is 19.1. The van der Waals surface area contributed by atoms with Gasteiger partial charge in [-0.15, -0.1) is 5.10 Å². The fraction of sp³-hybridized carbons (Fsp3) is 0.448. The summed E-state index contributed by atoms with van der Waals surface area (Å²) in [6.45, 7) is 4.41. The average Bonchev–Trinajstić information content (AvgIpc) is 3.18. The van der Waals surface area contributed by atoms with E-state index in [0.717, 1.165) is 70.5 Å². The maximum absolute atomic E-state index is 15.6. The van der Waals surface area contributed by atoms with Crippen molar-refractivity contribution in [1.82, 2.24) is 15.1 Å². The smallest absolute Gasteiger partial charge is 0.150 e. The lowest BCUT2D eigenvalue weighted by atomic mass is 10.0. The second kappa shape index (κ2) is 11.9. The Kier molecular flexibility index (Phi) is 8.20. The van der Waals surface area contributed by atoms with E-state index in [1.807, 2.05) is 18.2 Å². The fourth-order valence-corrected chi connectivity index (χ4v) is 5.38. The number of hydrogen-bond donors (Lipinski definition) is 2. The molecule has 0 saturated carbocycles. The Morgan fingerprint density at radius 1 is 1.05 bits per heavy atom. The summed E-state index contributed by atoms with van der Waals surface area (Å²) < 4.78 is 37.1. The van der Waals surface area contributed by atoms with Crippen LogP contribution in [0.4, 0.5) is 20.3 Å². The average molecular weight is 521 g/mol. The van der Waals surface area contributed by atoms with E-state index < -0.39 is 11.6 Å². The van der Waals surface area contributed by atoms with E-state index in [-0.39, 0.29) is 17.4 Å². The summed E-state index contributed by atoms with van der Waals surface area (Å²) in [7, 11) is 1.73. The van der Waals surface area contributed by atoms with E-state index in [9.17, 15) is 4.39 Å². The van der Waals surface area contributed by atoms with E-state index >= 15 is 4.39 Å². The van der Waals surface area contributed by atoms with Gasteiger partial charge in [-0.1, -0.05) is 6.07 Å². The van der Waals surface area contributed by atoms with Crippen LogP contribution in [0.1, 0.15) is 37.7 Å². The minimum atomic E-state index is -0.617. The van der Waals surface area contributed by atoms with Gasteiger partial charge in [0.2, 0.25) is 0 Å². The van der Waals surface area contributed by atoms with Crippen molar-refractivity contribution < 1.29 is 13.5 Å². The summed E-state index contributed by atoms with van der Waals surface area (Å²) in [6, 6.07) is 13.3. The number of aromatic nitrogens is 2. The Balaban J connectivity index is 1.44. The van der Waals surface area contributed by atoms with Crippen LogP contribution in [0, 0.1) is 28.9 Å². The van der Waals surface area contributed by atoms with Crippen molar-refractivity contribution >= 4 is 11.5 Å². The summed E-state index contributed by atoms with van der Waals surface area (Å²) in [5, 5.41) is 20.7. The maximum atomic E-state index is 15.6. The van der Waals surface area contributed by atoms with Crippen molar-refractivity contribution in [2.45, 2.75) is 38.2 Å². The van der Waals surface area contributed by atoms with Crippen LogP contribution in [0.3, 0.4) is 0 Å². The third-order valence-corrected chi connectivity index (χ3v) is 7.66. The number of halogens is 2. The van der Waals surface area contributed by atoms with E-state index in [0.29, 0.717) is 23.0 Å². The molecule has 2 aliphatic heterocycles. The molecule has 0 radical (unpaired) electrons. The quantitative estimate of drug-likeness (QED) is 0.451. The molecule has 7 nitrogen and oxygen atoms in total. The fourth-order valence-electron chi connectivity index (χ4n) is 5.38. The first kappa shape index (κ1) is 26.1. The molecule has 0 aliphatic carbocycles. The standard InChI is InChI=1S/C29H34F2N6O/c1-38-24-9-13-36(14-10-24)23-6-7-27(26(31)16-23)37-28(21-4-5-22(18-32)25(30)15-21)17-29(35-37)34-19-20-3-2-11-33-12-8-20/h4-7,15-17,20,24,33H,2-3,8-14,19H2,1H3,(H,34,35)/t20-/m1/s1. The van der Waals surface area contributed by atoms with Gasteiger partial charge < -0.3 is 20.3 Å². The van der Waals surface area contributed by atoms with Gasteiger partial charge in [0.25, 0.3) is 0 Å². The number of benzene rings is 2. The zero-order valence-corrected chi connectivity index (χ0v) is 21.7. The SMILES string of the molecule is COC1CCN(c2ccc(-n3nc(NC[C@@H]4CCCNCC4)cc3-c3ccc(C#N)c(F)c3)c(F)c2)CC1. The summed E-state index contributed by atoms with van der Waals surface area (Å²) >= 11 is 0. The first-order chi connectivity index (χ1) is 18.6. The van der Waals surface area contributed by atoms with Crippen LogP contribution in [0.25, 0.3) is 16.9 Å². The van der Waals surface area contributed by atoms with Crippen molar-refractivity contribution in [3.05, 3.63) is 59.7 Å². The molecule has 2 saturated heterocycles. The number of hydrogen-bond acceptors (Lipinski definition) is 6. The zero-order valence-electron chi connectivity index (χ0n) is 21.7. The van der Waals surface area contributed by atoms with E-state index in [1.54, 1.807) is 25.3 Å². The molecule has 0 bridgehead atoms. The topological polar surface area (TPSA) is 78.1 Å². The first-order valence-electron chi connectivity index (χ1n) is 13.4. The molecule has 2 fully saturated rings. The lowest BCUT2D eigenvalue weighted by Crippen LogP contribution is -2.36. The Morgan fingerprint density at radius 3 is 2.63 bits per heavy atom. The van der Waals surface area contributed by atoms with Gasteiger partial charge in [-0.05, 0) is 81.4 Å². The zero-order chi connectivity index (χ0) is 26.5. The monoisotopic (exact) mass is 520 g/mol. The summed E-state index contributed by atoms with van der Waals surface area (Å²) in [6.07, 6.45) is 5.40. The number of nitrogens with one attached hydrogen (secondary N) is 2. The van der Waals surface area contributed by atoms with Gasteiger partial charge in [0, 0.05) is 44.1 Å². The minimum absolute atomic E-state index is 0.0343. The molecule has 200 valence electrons. The Labute approximate surface area is 222 Å². The summed E-state index contributed by atoms with van der Waals surface area (Å²) in [5.74, 6) is 0.0982. The lowest BCUT2D eigenvalue weighted by Gasteiger charge is -2.33. The third-order valence-electron chi connectivity index (χ3n) is 7.66. The van der Waals surface area contributed by atoms with Crippen molar-refractivity contribution in [3.8, 4) is 23.0 Å². The lowest BCUT2D eigenvalue weighted by molar-refractivity contribution is 0.0819. The molecule has 9 heteroatoms. The number of anilines is 2. The molecular weight excluding hydrogens is 486 g/mol. The summed E-state index contributed by atoms with van der Waals surface area (Å²) in [5.41, 5.74) is 2.14. The van der Waals surface area contributed by atoms with Crippen LogP contribution in [0.5, 0.6) is 0 Å². The van der Waals surface area contributed by atoms with Crippen LogP contribution in [-0.4, -0.2) is 55.7 Å². The van der Waals surface area contributed by atoms with Gasteiger partial charge in [-0.2, -0.15) is 5.26 Å². The van der Waals surface area contributed by atoms with Crippen LogP contribution in [0.15, 0.2) is 42.5 Å². The van der Waals surface area contributed by atoms with E-state index in [4.69, 9.17) is 15.1 Å². The molecule has 2 N–H and O–H groups in total. The molecule has 1 atom stereocenters. The molecule has 2 aliphatic rings. The van der Waals surface area contributed by atoms with Crippen molar-refractivity contribution in [1.29, 1.82) is 5.26 Å². The highest BCUT2D eigenvalue weighted by molar-refractivity contribution is 5.67. The molecule has 0 unspecified atom stereocenters. The Morgan fingerprint density at radius 2 is 1.89 bits per heavy atom. The second-order valence-electron chi connectivity index (χ2n) is 10.1. The Hall–Kier alpha value is -3.48. The molecule has 2 aromatic carbocycles. The van der Waals surface area contributed by atoms with Gasteiger partial charge >= 0.3 is 0 Å². The number of ether oxygens (including phenoxy) is 1. The minimum Gasteiger partial charge on any atom is -0.381 e. The van der Waals surface area contributed by atoms with Crippen LogP contribution < -0.4 is 15.5 Å². The predicted octanol–water partition coefficient (Wildman–Crippen LogP) is 5.11. The highest BCUT2D eigenvalue weighted by Crippen LogP contribution is 2.31. The maximum Gasteiger partial charge on any atom is 0.150 e.